The molecule has 3 aromatic rings. The van der Waals surface area contributed by atoms with Crippen LogP contribution in [0.15, 0.2) is 78.4 Å². The quantitative estimate of drug-likeness (QED) is 0.181. The molecule has 37 heavy (non-hydrogen) atoms. The number of aryl methyl sites for hydroxylation is 1. The van der Waals surface area contributed by atoms with Crippen molar-refractivity contribution in [3.05, 3.63) is 101 Å². The summed E-state index contributed by atoms with van der Waals surface area (Å²) in [5, 5.41) is 11.3. The lowest BCUT2D eigenvalue weighted by atomic mass is 9.95. The molecule has 1 heterocycles. The Bertz CT molecular complexity index is 1300. The molecule has 1 aliphatic rings. The first-order chi connectivity index (χ1) is 17.9. The van der Waals surface area contributed by atoms with E-state index in [1.807, 2.05) is 37.3 Å². The highest BCUT2D eigenvalue weighted by Crippen LogP contribution is 2.40. The van der Waals surface area contributed by atoms with Crippen LogP contribution in [-0.4, -0.2) is 49.1 Å². The van der Waals surface area contributed by atoms with Gasteiger partial charge in [0.15, 0.2) is 0 Å². The Hall–Kier alpha value is -4.10. The fourth-order valence-corrected chi connectivity index (χ4v) is 4.45. The molecule has 1 aliphatic heterocycles. The number of ether oxygens (including phenoxy) is 3. The maximum atomic E-state index is 13.2. The van der Waals surface area contributed by atoms with Crippen LogP contribution in [0.25, 0.3) is 5.76 Å². The van der Waals surface area contributed by atoms with E-state index in [1.54, 1.807) is 56.7 Å². The van der Waals surface area contributed by atoms with E-state index in [0.717, 1.165) is 11.1 Å². The number of amides is 1. The monoisotopic (exact) mass is 501 g/mol. The first kappa shape index (κ1) is 26.0. The molecule has 1 fully saturated rings. The van der Waals surface area contributed by atoms with Gasteiger partial charge in [-0.2, -0.15) is 0 Å². The van der Waals surface area contributed by atoms with Crippen LogP contribution in [0.3, 0.4) is 0 Å². The molecular formula is C30H31NO6. The zero-order valence-corrected chi connectivity index (χ0v) is 21.3. The Morgan fingerprint density at radius 2 is 1.70 bits per heavy atom. The van der Waals surface area contributed by atoms with Crippen LogP contribution in [0.4, 0.5) is 0 Å². The van der Waals surface area contributed by atoms with E-state index in [2.05, 4.69) is 0 Å². The summed E-state index contributed by atoms with van der Waals surface area (Å²) in [6.07, 6.45) is 0.553. The zero-order valence-electron chi connectivity index (χ0n) is 21.3. The predicted octanol–water partition coefficient (Wildman–Crippen LogP) is 5.04. The second kappa shape index (κ2) is 11.8. The molecule has 0 aliphatic carbocycles. The molecule has 0 aromatic heterocycles. The number of aliphatic hydroxyl groups is 1. The molecular weight excluding hydrogens is 470 g/mol. The normalized spacial score (nSPS) is 16.7. The average Bonchev–Trinajstić information content (AvgIpc) is 3.18. The largest absolute Gasteiger partial charge is 0.507 e. The van der Waals surface area contributed by atoms with Gasteiger partial charge in [0.1, 0.15) is 23.9 Å². The summed E-state index contributed by atoms with van der Waals surface area (Å²) in [6, 6.07) is 21.3. The van der Waals surface area contributed by atoms with Gasteiger partial charge in [0.25, 0.3) is 11.7 Å². The molecule has 1 atom stereocenters. The number of hydrogen-bond donors (Lipinski definition) is 1. The first-order valence-electron chi connectivity index (χ1n) is 12.1. The Balaban J connectivity index is 1.65. The van der Waals surface area contributed by atoms with Crippen LogP contribution in [0.5, 0.6) is 11.5 Å². The minimum atomic E-state index is -0.746. The van der Waals surface area contributed by atoms with Crippen molar-refractivity contribution in [3.63, 3.8) is 0 Å². The third-order valence-corrected chi connectivity index (χ3v) is 6.48. The number of Topliss-reactive ketones (excluding diaryl/α,β-unsaturated/α-hetero) is 1. The van der Waals surface area contributed by atoms with E-state index < -0.39 is 17.7 Å². The highest BCUT2D eigenvalue weighted by molar-refractivity contribution is 6.46. The second-order valence-corrected chi connectivity index (χ2v) is 8.85. The summed E-state index contributed by atoms with van der Waals surface area (Å²) >= 11 is 0. The van der Waals surface area contributed by atoms with Crippen molar-refractivity contribution in [2.75, 3.05) is 27.4 Å². The molecule has 0 spiro atoms. The zero-order chi connectivity index (χ0) is 26.4. The van der Waals surface area contributed by atoms with Gasteiger partial charge in [0, 0.05) is 25.8 Å². The van der Waals surface area contributed by atoms with Gasteiger partial charge in [0.05, 0.1) is 18.7 Å². The van der Waals surface area contributed by atoms with Crippen molar-refractivity contribution in [1.82, 2.24) is 4.90 Å². The second-order valence-electron chi connectivity index (χ2n) is 8.85. The number of methoxy groups -OCH3 is 2. The highest BCUT2D eigenvalue weighted by Gasteiger charge is 2.45. The molecule has 0 saturated carbocycles. The van der Waals surface area contributed by atoms with Gasteiger partial charge in [-0.1, -0.05) is 36.4 Å². The Morgan fingerprint density at radius 1 is 0.946 bits per heavy atom. The van der Waals surface area contributed by atoms with E-state index in [4.69, 9.17) is 14.2 Å². The third kappa shape index (κ3) is 5.67. The molecule has 1 unspecified atom stereocenters. The number of ketones is 1. The molecule has 1 amide bonds. The minimum absolute atomic E-state index is 0.0456. The third-order valence-electron chi connectivity index (χ3n) is 6.48. The number of aliphatic hydroxyl groups excluding tert-OH is 1. The maximum absolute atomic E-state index is 13.2. The summed E-state index contributed by atoms with van der Waals surface area (Å²) in [4.78, 5) is 27.7. The summed E-state index contributed by atoms with van der Waals surface area (Å²) in [5.41, 5.74) is 3.37. The van der Waals surface area contributed by atoms with Gasteiger partial charge in [0.2, 0.25) is 0 Å². The lowest BCUT2D eigenvalue weighted by molar-refractivity contribution is -0.140. The summed E-state index contributed by atoms with van der Waals surface area (Å²) in [7, 11) is 3.14. The predicted molar refractivity (Wildman–Crippen MR) is 140 cm³/mol. The van der Waals surface area contributed by atoms with Gasteiger partial charge in [-0.05, 0) is 66.4 Å². The molecule has 0 bridgehead atoms. The van der Waals surface area contributed by atoms with Crippen LogP contribution in [0.1, 0.15) is 34.7 Å². The molecule has 0 radical (unpaired) electrons. The van der Waals surface area contributed by atoms with Gasteiger partial charge in [-0.15, -0.1) is 0 Å². The van der Waals surface area contributed by atoms with Crippen LogP contribution >= 0.6 is 0 Å². The summed E-state index contributed by atoms with van der Waals surface area (Å²) < 4.78 is 16.4. The van der Waals surface area contributed by atoms with Crippen molar-refractivity contribution in [3.8, 4) is 11.5 Å². The number of likely N-dealkylation sites (tertiary alicyclic amines) is 1. The van der Waals surface area contributed by atoms with Gasteiger partial charge < -0.3 is 24.2 Å². The van der Waals surface area contributed by atoms with E-state index in [-0.39, 0.29) is 11.3 Å². The van der Waals surface area contributed by atoms with E-state index in [9.17, 15) is 14.7 Å². The topological polar surface area (TPSA) is 85.3 Å². The van der Waals surface area contributed by atoms with Gasteiger partial charge >= 0.3 is 0 Å². The molecule has 7 heteroatoms. The molecule has 7 nitrogen and oxygen atoms in total. The standard InChI is InChI=1S/C30H31NO6/c1-20-8-4-5-9-23(20)19-37-24-14-12-21(13-15-24)28(32)26-27(22-10-6-11-25(18-22)36-3)31(16-7-17-35-2)30(34)29(26)33/h4-6,8-15,18,27,32H,7,16-17,19H2,1-3H3. The Kier molecular flexibility index (Phi) is 8.25. The number of hydrogen-bond acceptors (Lipinski definition) is 6. The van der Waals surface area contributed by atoms with Crippen molar-refractivity contribution >= 4 is 17.4 Å². The minimum Gasteiger partial charge on any atom is -0.507 e. The SMILES string of the molecule is COCCCN1C(=O)C(=O)C(=C(O)c2ccc(OCc3ccccc3C)cc2)C1c1cccc(OC)c1. The summed E-state index contributed by atoms with van der Waals surface area (Å²) in [6.45, 7) is 3.20. The Labute approximate surface area is 216 Å². The average molecular weight is 502 g/mol. The van der Waals surface area contributed by atoms with Crippen LogP contribution in [0.2, 0.25) is 0 Å². The van der Waals surface area contributed by atoms with Crippen LogP contribution < -0.4 is 9.47 Å². The fraction of sp³-hybridized carbons (Fsp3) is 0.267. The van der Waals surface area contributed by atoms with Gasteiger partial charge in [-0.25, -0.2) is 0 Å². The van der Waals surface area contributed by atoms with E-state index in [0.29, 0.717) is 48.8 Å². The van der Waals surface area contributed by atoms with E-state index >= 15 is 0 Å². The molecule has 192 valence electrons. The summed E-state index contributed by atoms with van der Waals surface area (Å²) in [5.74, 6) is -0.378. The highest BCUT2D eigenvalue weighted by atomic mass is 16.5. The Morgan fingerprint density at radius 3 is 2.41 bits per heavy atom. The number of rotatable bonds is 10. The smallest absolute Gasteiger partial charge is 0.295 e. The van der Waals surface area contributed by atoms with Crippen molar-refractivity contribution < 1.29 is 28.9 Å². The van der Waals surface area contributed by atoms with Crippen LogP contribution in [-0.2, 0) is 20.9 Å². The van der Waals surface area contributed by atoms with E-state index in [1.165, 1.54) is 4.90 Å². The number of carbonyl (C=O) groups is 2. The number of carbonyl (C=O) groups excluding carboxylic acids is 2. The van der Waals surface area contributed by atoms with Crippen LogP contribution in [0, 0.1) is 6.92 Å². The molecule has 1 saturated heterocycles. The fourth-order valence-electron chi connectivity index (χ4n) is 4.45. The van der Waals surface area contributed by atoms with Crippen molar-refractivity contribution in [1.29, 1.82) is 0 Å². The maximum Gasteiger partial charge on any atom is 0.295 e. The lowest BCUT2D eigenvalue weighted by Gasteiger charge is -2.25. The lowest BCUT2D eigenvalue weighted by Crippen LogP contribution is -2.31. The molecule has 3 aromatic carbocycles. The number of nitrogens with zero attached hydrogens (tertiary/aromatic N) is 1. The van der Waals surface area contributed by atoms with Crippen molar-refractivity contribution in [2.45, 2.75) is 26.0 Å². The van der Waals surface area contributed by atoms with Crippen molar-refractivity contribution in [2.24, 2.45) is 0 Å². The molecule has 4 rings (SSSR count). The number of benzene rings is 3. The van der Waals surface area contributed by atoms with Gasteiger partial charge in [-0.3, -0.25) is 9.59 Å². The first-order valence-corrected chi connectivity index (χ1v) is 12.1. The molecule has 1 N–H and O–H groups in total.